The fraction of sp³-hybridized carbons (Fsp3) is 0.286. The summed E-state index contributed by atoms with van der Waals surface area (Å²) in [5, 5.41) is 0. The molecular weight excluding hydrogens is 261 g/mol. The van der Waals surface area contributed by atoms with E-state index in [0.717, 1.165) is 0 Å². The zero-order valence-electron chi connectivity index (χ0n) is 11.3. The highest BCUT2D eigenvalue weighted by Gasteiger charge is 2.13. The Morgan fingerprint density at radius 1 is 1.45 bits per heavy atom. The maximum absolute atomic E-state index is 13.6. The maximum atomic E-state index is 13.6. The lowest BCUT2D eigenvalue weighted by Gasteiger charge is -2.11. The van der Waals surface area contributed by atoms with Gasteiger partial charge in [-0.15, -0.1) is 0 Å². The lowest BCUT2D eigenvalue weighted by molar-refractivity contribution is 0.410. The summed E-state index contributed by atoms with van der Waals surface area (Å²) in [7, 11) is 0. The highest BCUT2D eigenvalue weighted by Crippen LogP contribution is 2.27. The van der Waals surface area contributed by atoms with Gasteiger partial charge in [-0.1, -0.05) is 19.9 Å². The van der Waals surface area contributed by atoms with Gasteiger partial charge in [-0.05, 0) is 18.1 Å². The fourth-order valence-corrected chi connectivity index (χ4v) is 1.76. The van der Waals surface area contributed by atoms with E-state index in [1.165, 1.54) is 29.0 Å². The number of para-hydroxylation sites is 1. The van der Waals surface area contributed by atoms with E-state index in [1.807, 2.05) is 13.8 Å². The molecule has 2 rings (SSSR count). The van der Waals surface area contributed by atoms with Crippen LogP contribution in [0.4, 0.5) is 10.1 Å². The Morgan fingerprint density at radius 2 is 2.20 bits per heavy atom. The molecule has 0 aliphatic rings. The number of benzene rings is 1. The molecule has 1 aromatic heterocycles. The van der Waals surface area contributed by atoms with Gasteiger partial charge in [0.05, 0.1) is 5.69 Å². The average molecular weight is 277 g/mol. The van der Waals surface area contributed by atoms with Crippen molar-refractivity contribution in [1.82, 2.24) is 9.55 Å². The Kier molecular flexibility index (Phi) is 4.02. The van der Waals surface area contributed by atoms with E-state index in [0.29, 0.717) is 12.5 Å². The summed E-state index contributed by atoms with van der Waals surface area (Å²) in [6.07, 6.45) is 3.01. The van der Waals surface area contributed by atoms with Gasteiger partial charge >= 0.3 is 5.56 Å². The van der Waals surface area contributed by atoms with Crippen LogP contribution in [0.2, 0.25) is 0 Å². The highest BCUT2D eigenvalue weighted by molar-refractivity contribution is 5.53. The van der Waals surface area contributed by atoms with E-state index in [2.05, 4.69) is 4.98 Å². The third-order valence-electron chi connectivity index (χ3n) is 2.64. The first-order chi connectivity index (χ1) is 9.49. The average Bonchev–Trinajstić information content (AvgIpc) is 2.37. The van der Waals surface area contributed by atoms with Crippen LogP contribution < -0.4 is 16.0 Å². The van der Waals surface area contributed by atoms with E-state index >= 15 is 0 Å². The SMILES string of the molecule is CC(C)Cn1ccnc(Oc2c(N)cccc2F)c1=O. The Hall–Kier alpha value is -2.37. The van der Waals surface area contributed by atoms with Crippen molar-refractivity contribution in [3.05, 3.63) is 46.8 Å². The number of nitrogens with two attached hydrogens (primary N) is 1. The first-order valence-electron chi connectivity index (χ1n) is 6.26. The molecule has 0 saturated heterocycles. The summed E-state index contributed by atoms with van der Waals surface area (Å²) < 4.78 is 20.4. The van der Waals surface area contributed by atoms with Crippen molar-refractivity contribution < 1.29 is 9.13 Å². The van der Waals surface area contributed by atoms with E-state index in [9.17, 15) is 9.18 Å². The second-order valence-corrected chi connectivity index (χ2v) is 4.84. The highest BCUT2D eigenvalue weighted by atomic mass is 19.1. The van der Waals surface area contributed by atoms with E-state index in [-0.39, 0.29) is 17.3 Å². The van der Waals surface area contributed by atoms with Gasteiger partial charge in [0.25, 0.3) is 5.88 Å². The zero-order valence-corrected chi connectivity index (χ0v) is 11.3. The number of hydrogen-bond donors (Lipinski definition) is 1. The second-order valence-electron chi connectivity index (χ2n) is 4.84. The van der Waals surface area contributed by atoms with Gasteiger partial charge in [0.2, 0.25) is 0 Å². The van der Waals surface area contributed by atoms with Crippen molar-refractivity contribution in [2.45, 2.75) is 20.4 Å². The van der Waals surface area contributed by atoms with Gasteiger partial charge in [0, 0.05) is 18.9 Å². The zero-order chi connectivity index (χ0) is 14.7. The standard InChI is InChI=1S/C14H16FN3O2/c1-9(2)8-18-7-6-17-13(14(18)19)20-12-10(15)4-3-5-11(12)16/h3-7,9H,8,16H2,1-2H3. The van der Waals surface area contributed by atoms with Crippen molar-refractivity contribution in [2.24, 2.45) is 5.92 Å². The molecule has 2 N–H and O–H groups in total. The number of anilines is 1. The Bertz CT molecular complexity index is 647. The number of rotatable bonds is 4. The molecule has 0 aliphatic carbocycles. The number of hydrogen-bond acceptors (Lipinski definition) is 4. The molecule has 5 nitrogen and oxygen atoms in total. The normalized spacial score (nSPS) is 10.8. The van der Waals surface area contributed by atoms with Crippen LogP contribution in [0.5, 0.6) is 11.6 Å². The summed E-state index contributed by atoms with van der Waals surface area (Å²) in [5.41, 5.74) is 5.34. The van der Waals surface area contributed by atoms with Gasteiger partial charge in [-0.2, -0.15) is 0 Å². The molecule has 1 heterocycles. The molecule has 0 spiro atoms. The van der Waals surface area contributed by atoms with Crippen molar-refractivity contribution in [3.8, 4) is 11.6 Å². The summed E-state index contributed by atoms with van der Waals surface area (Å²) in [6.45, 7) is 4.51. The molecule has 0 aliphatic heterocycles. The summed E-state index contributed by atoms with van der Waals surface area (Å²) in [6, 6.07) is 4.17. The third kappa shape index (κ3) is 2.96. The summed E-state index contributed by atoms with van der Waals surface area (Å²) in [4.78, 5) is 16.0. The quantitative estimate of drug-likeness (QED) is 0.871. The molecular formula is C14H16FN3O2. The summed E-state index contributed by atoms with van der Waals surface area (Å²) in [5.74, 6) is -0.712. The van der Waals surface area contributed by atoms with Crippen molar-refractivity contribution in [2.75, 3.05) is 5.73 Å². The Balaban J connectivity index is 2.37. The van der Waals surface area contributed by atoms with Crippen LogP contribution in [0.25, 0.3) is 0 Å². The van der Waals surface area contributed by atoms with E-state index in [1.54, 1.807) is 6.20 Å². The second kappa shape index (κ2) is 5.73. The number of nitrogen functional groups attached to an aromatic ring is 1. The smallest absolute Gasteiger partial charge is 0.313 e. The lowest BCUT2D eigenvalue weighted by atomic mass is 10.2. The van der Waals surface area contributed by atoms with Crippen LogP contribution in [0.1, 0.15) is 13.8 Å². The van der Waals surface area contributed by atoms with E-state index < -0.39 is 11.4 Å². The predicted molar refractivity (Wildman–Crippen MR) is 74.2 cm³/mol. The molecule has 0 radical (unpaired) electrons. The minimum absolute atomic E-state index is 0.116. The molecule has 0 unspecified atom stereocenters. The monoisotopic (exact) mass is 277 g/mol. The molecule has 0 fully saturated rings. The molecule has 106 valence electrons. The molecule has 20 heavy (non-hydrogen) atoms. The topological polar surface area (TPSA) is 70.1 Å². The van der Waals surface area contributed by atoms with Crippen molar-refractivity contribution >= 4 is 5.69 Å². The Morgan fingerprint density at radius 3 is 2.85 bits per heavy atom. The summed E-state index contributed by atoms with van der Waals surface area (Å²) >= 11 is 0. The molecule has 0 saturated carbocycles. The Labute approximate surface area is 115 Å². The third-order valence-corrected chi connectivity index (χ3v) is 2.64. The predicted octanol–water partition coefficient (Wildman–Crippen LogP) is 2.41. The van der Waals surface area contributed by atoms with E-state index in [4.69, 9.17) is 10.5 Å². The van der Waals surface area contributed by atoms with Gasteiger partial charge in [0.15, 0.2) is 11.6 Å². The maximum Gasteiger partial charge on any atom is 0.313 e. The van der Waals surface area contributed by atoms with Crippen molar-refractivity contribution in [1.29, 1.82) is 0 Å². The molecule has 0 amide bonds. The first kappa shape index (κ1) is 14.0. The van der Waals surface area contributed by atoms with Crippen LogP contribution in [0.15, 0.2) is 35.4 Å². The van der Waals surface area contributed by atoms with Crippen LogP contribution in [0, 0.1) is 11.7 Å². The number of ether oxygens (including phenoxy) is 1. The number of nitrogens with zero attached hydrogens (tertiary/aromatic N) is 2. The fourth-order valence-electron chi connectivity index (χ4n) is 1.76. The minimum Gasteiger partial charge on any atom is -0.429 e. The molecule has 2 aromatic rings. The van der Waals surface area contributed by atoms with Gasteiger partial charge in [-0.25, -0.2) is 9.37 Å². The lowest BCUT2D eigenvalue weighted by Crippen LogP contribution is -2.23. The van der Waals surface area contributed by atoms with Gasteiger partial charge < -0.3 is 15.0 Å². The molecule has 1 aromatic carbocycles. The van der Waals surface area contributed by atoms with Gasteiger partial charge in [-0.3, -0.25) is 4.79 Å². The van der Waals surface area contributed by atoms with Crippen LogP contribution in [-0.4, -0.2) is 9.55 Å². The van der Waals surface area contributed by atoms with Crippen LogP contribution in [0.3, 0.4) is 0 Å². The molecule has 0 atom stereocenters. The number of aromatic nitrogens is 2. The first-order valence-corrected chi connectivity index (χ1v) is 6.26. The molecule has 0 bridgehead atoms. The minimum atomic E-state index is -0.634. The number of halogens is 1. The van der Waals surface area contributed by atoms with Gasteiger partial charge in [0.1, 0.15) is 0 Å². The van der Waals surface area contributed by atoms with Crippen molar-refractivity contribution in [3.63, 3.8) is 0 Å². The van der Waals surface area contributed by atoms with Crippen LogP contribution >= 0.6 is 0 Å². The molecule has 6 heteroatoms. The largest absolute Gasteiger partial charge is 0.429 e. The van der Waals surface area contributed by atoms with Crippen LogP contribution in [-0.2, 0) is 6.54 Å².